The molecule has 0 aliphatic carbocycles. The van der Waals surface area contributed by atoms with Crippen LogP contribution in [0.3, 0.4) is 0 Å². The third-order valence-electron chi connectivity index (χ3n) is 6.56. The summed E-state index contributed by atoms with van der Waals surface area (Å²) in [4.78, 5) is 28.0. The third-order valence-corrected chi connectivity index (χ3v) is 6.56. The van der Waals surface area contributed by atoms with Crippen molar-refractivity contribution in [1.29, 1.82) is 0 Å². The van der Waals surface area contributed by atoms with E-state index < -0.39 is 0 Å². The van der Waals surface area contributed by atoms with E-state index in [1.54, 1.807) is 12.1 Å². The number of aromatic nitrogens is 2. The van der Waals surface area contributed by atoms with E-state index in [1.165, 1.54) is 0 Å². The van der Waals surface area contributed by atoms with Gasteiger partial charge in [0, 0.05) is 36.5 Å². The van der Waals surface area contributed by atoms with E-state index in [4.69, 9.17) is 9.47 Å². The first-order valence-electron chi connectivity index (χ1n) is 11.6. The maximum absolute atomic E-state index is 13.3. The van der Waals surface area contributed by atoms with Gasteiger partial charge in [-0.2, -0.15) is 5.10 Å². The average molecular weight is 461 g/mol. The number of fused-ring (bicyclic) bond motifs is 1. The van der Waals surface area contributed by atoms with Crippen LogP contribution in [0.2, 0.25) is 0 Å². The number of ether oxygens (including phenoxy) is 2. The number of nitrogens with one attached hydrogen (secondary N) is 1. The minimum atomic E-state index is -0.141. The van der Waals surface area contributed by atoms with Gasteiger partial charge in [0.05, 0.1) is 17.8 Å². The van der Waals surface area contributed by atoms with Crippen molar-refractivity contribution in [3.63, 3.8) is 0 Å². The number of carbonyl (C=O) groups excluding carboxylic acids is 2. The summed E-state index contributed by atoms with van der Waals surface area (Å²) in [6, 6.07) is 15.5. The molecule has 0 bridgehead atoms. The number of rotatable bonds is 5. The van der Waals surface area contributed by atoms with Crippen molar-refractivity contribution in [3.05, 3.63) is 71.0 Å². The van der Waals surface area contributed by atoms with Crippen molar-refractivity contribution < 1.29 is 19.1 Å². The molecule has 2 aliphatic rings. The van der Waals surface area contributed by atoms with Crippen LogP contribution >= 0.6 is 0 Å². The molecule has 2 amide bonds. The van der Waals surface area contributed by atoms with Gasteiger partial charge in [-0.3, -0.25) is 14.3 Å². The number of hydrogen-bond donors (Lipinski definition) is 1. The molecule has 3 heterocycles. The molecule has 34 heavy (non-hydrogen) atoms. The molecule has 1 saturated heterocycles. The van der Waals surface area contributed by atoms with Crippen molar-refractivity contribution in [2.24, 2.45) is 5.92 Å². The summed E-state index contributed by atoms with van der Waals surface area (Å²) >= 11 is 0. The van der Waals surface area contributed by atoms with Gasteiger partial charge in [-0.25, -0.2) is 0 Å². The number of nitrogens with zero attached hydrogens (tertiary/aromatic N) is 3. The maximum atomic E-state index is 13.3. The summed E-state index contributed by atoms with van der Waals surface area (Å²) in [5.74, 6) is 1.13. The number of likely N-dealkylation sites (tertiary alicyclic amines) is 1. The van der Waals surface area contributed by atoms with Gasteiger partial charge in [-0.05, 0) is 44.4 Å². The first-order valence-corrected chi connectivity index (χ1v) is 11.6. The standard InChI is InChI=1S/C26H28N4O4/c1-17-24(18(2)30(28-17)15-19-6-4-3-5-7-19)26(32)29-12-10-20(11-13-29)25(31)27-21-8-9-22-23(14-21)34-16-33-22/h3-9,14,20H,10-13,15-16H2,1-2H3,(H,27,31). The first-order chi connectivity index (χ1) is 16.5. The predicted molar refractivity (Wildman–Crippen MR) is 127 cm³/mol. The number of aryl methyl sites for hydroxylation is 1. The molecular weight excluding hydrogens is 432 g/mol. The SMILES string of the molecule is Cc1nn(Cc2ccccc2)c(C)c1C(=O)N1CCC(C(=O)Nc2ccc3c(c2)OCO3)CC1. The van der Waals surface area contributed by atoms with Crippen LogP contribution in [0.15, 0.2) is 48.5 Å². The molecule has 1 fully saturated rings. The zero-order valence-electron chi connectivity index (χ0n) is 19.4. The van der Waals surface area contributed by atoms with Gasteiger partial charge in [0.15, 0.2) is 11.5 Å². The Morgan fingerprint density at radius 2 is 1.76 bits per heavy atom. The molecule has 3 aromatic rings. The minimum absolute atomic E-state index is 0.0102. The highest BCUT2D eigenvalue weighted by molar-refractivity contribution is 5.97. The van der Waals surface area contributed by atoms with E-state index in [1.807, 2.05) is 47.7 Å². The number of carbonyl (C=O) groups is 2. The fourth-order valence-electron chi connectivity index (χ4n) is 4.64. The number of anilines is 1. The lowest BCUT2D eigenvalue weighted by Gasteiger charge is -2.31. The molecule has 0 radical (unpaired) electrons. The number of piperidine rings is 1. The van der Waals surface area contributed by atoms with Crippen LogP contribution in [0.25, 0.3) is 0 Å². The molecule has 1 N–H and O–H groups in total. The highest BCUT2D eigenvalue weighted by atomic mass is 16.7. The lowest BCUT2D eigenvalue weighted by atomic mass is 9.95. The Bertz CT molecular complexity index is 1210. The second-order valence-corrected chi connectivity index (χ2v) is 8.81. The summed E-state index contributed by atoms with van der Waals surface area (Å²) in [6.45, 7) is 5.74. The Morgan fingerprint density at radius 1 is 1.03 bits per heavy atom. The molecular formula is C26H28N4O4. The van der Waals surface area contributed by atoms with Gasteiger partial charge in [0.2, 0.25) is 12.7 Å². The Labute approximate surface area is 198 Å². The molecule has 176 valence electrons. The van der Waals surface area contributed by atoms with Gasteiger partial charge in [-0.15, -0.1) is 0 Å². The Hall–Kier alpha value is -3.81. The summed E-state index contributed by atoms with van der Waals surface area (Å²) in [5, 5.41) is 7.59. The van der Waals surface area contributed by atoms with E-state index in [0.717, 1.165) is 17.0 Å². The zero-order valence-corrected chi connectivity index (χ0v) is 19.4. The third kappa shape index (κ3) is 4.35. The van der Waals surface area contributed by atoms with Crippen LogP contribution in [0.1, 0.15) is 40.2 Å². The van der Waals surface area contributed by atoms with Crippen LogP contribution in [0.5, 0.6) is 11.5 Å². The van der Waals surface area contributed by atoms with E-state index in [2.05, 4.69) is 22.5 Å². The van der Waals surface area contributed by atoms with Gasteiger partial charge >= 0.3 is 0 Å². The predicted octanol–water partition coefficient (Wildman–Crippen LogP) is 3.77. The van der Waals surface area contributed by atoms with E-state index in [-0.39, 0.29) is 24.5 Å². The first kappa shape index (κ1) is 22.0. The summed E-state index contributed by atoms with van der Waals surface area (Å²) in [5.41, 5.74) is 4.10. The highest BCUT2D eigenvalue weighted by Gasteiger charge is 2.30. The molecule has 0 atom stereocenters. The van der Waals surface area contributed by atoms with Gasteiger partial charge in [0.25, 0.3) is 5.91 Å². The monoisotopic (exact) mass is 460 g/mol. The van der Waals surface area contributed by atoms with Crippen molar-refractivity contribution >= 4 is 17.5 Å². The largest absolute Gasteiger partial charge is 0.454 e. The fraction of sp³-hybridized carbons (Fsp3) is 0.346. The van der Waals surface area contributed by atoms with Crippen LogP contribution in [-0.4, -0.2) is 46.4 Å². The quantitative estimate of drug-likeness (QED) is 0.627. The molecule has 0 unspecified atom stereocenters. The molecule has 8 nitrogen and oxygen atoms in total. The van der Waals surface area contributed by atoms with Crippen LogP contribution in [0, 0.1) is 19.8 Å². The summed E-state index contributed by atoms with van der Waals surface area (Å²) < 4.78 is 12.6. The number of hydrogen-bond acceptors (Lipinski definition) is 5. The van der Waals surface area contributed by atoms with Gasteiger partial charge in [-0.1, -0.05) is 30.3 Å². The lowest BCUT2D eigenvalue weighted by molar-refractivity contribution is -0.121. The molecule has 8 heteroatoms. The Balaban J connectivity index is 1.20. The summed E-state index contributed by atoms with van der Waals surface area (Å²) in [7, 11) is 0. The van der Waals surface area contributed by atoms with Gasteiger partial charge in [0.1, 0.15) is 0 Å². The zero-order chi connectivity index (χ0) is 23.7. The Kier molecular flexibility index (Phi) is 5.96. The van der Waals surface area contributed by atoms with E-state index >= 15 is 0 Å². The lowest BCUT2D eigenvalue weighted by Crippen LogP contribution is -2.41. The fourth-order valence-corrected chi connectivity index (χ4v) is 4.64. The second-order valence-electron chi connectivity index (χ2n) is 8.81. The normalized spacial score (nSPS) is 15.4. The minimum Gasteiger partial charge on any atom is -0.454 e. The number of benzene rings is 2. The smallest absolute Gasteiger partial charge is 0.257 e. The van der Waals surface area contributed by atoms with Crippen molar-refractivity contribution in [1.82, 2.24) is 14.7 Å². The maximum Gasteiger partial charge on any atom is 0.257 e. The molecule has 2 aromatic carbocycles. The van der Waals surface area contributed by atoms with E-state index in [0.29, 0.717) is 55.2 Å². The highest BCUT2D eigenvalue weighted by Crippen LogP contribution is 2.34. The Morgan fingerprint density at radius 3 is 2.53 bits per heavy atom. The summed E-state index contributed by atoms with van der Waals surface area (Å²) in [6.07, 6.45) is 1.25. The topological polar surface area (TPSA) is 85.7 Å². The van der Waals surface area contributed by atoms with E-state index in [9.17, 15) is 9.59 Å². The molecule has 0 spiro atoms. The van der Waals surface area contributed by atoms with Crippen LogP contribution < -0.4 is 14.8 Å². The number of amides is 2. The molecule has 2 aliphatic heterocycles. The second kappa shape index (κ2) is 9.21. The molecule has 0 saturated carbocycles. The van der Waals surface area contributed by atoms with Crippen molar-refractivity contribution in [2.45, 2.75) is 33.2 Å². The van der Waals surface area contributed by atoms with Crippen molar-refractivity contribution in [2.75, 3.05) is 25.2 Å². The van der Waals surface area contributed by atoms with Crippen LogP contribution in [0.4, 0.5) is 5.69 Å². The van der Waals surface area contributed by atoms with Crippen LogP contribution in [-0.2, 0) is 11.3 Å². The molecule has 1 aromatic heterocycles. The average Bonchev–Trinajstić information content (AvgIpc) is 3.42. The van der Waals surface area contributed by atoms with Crippen molar-refractivity contribution in [3.8, 4) is 11.5 Å². The molecule has 5 rings (SSSR count). The van der Waals surface area contributed by atoms with Gasteiger partial charge < -0.3 is 19.7 Å².